The summed E-state index contributed by atoms with van der Waals surface area (Å²) >= 11 is 0. The second-order valence-corrected chi connectivity index (χ2v) is 8.65. The summed E-state index contributed by atoms with van der Waals surface area (Å²) in [6.07, 6.45) is 4.41. The van der Waals surface area contributed by atoms with E-state index in [1.807, 2.05) is 30.3 Å². The lowest BCUT2D eigenvalue weighted by atomic mass is 9.97. The molecule has 2 aliphatic heterocycles. The van der Waals surface area contributed by atoms with Crippen LogP contribution in [0.3, 0.4) is 0 Å². The smallest absolute Gasteiger partial charge is 0.247 e. The summed E-state index contributed by atoms with van der Waals surface area (Å²) in [5, 5.41) is 3.20. The molecule has 1 fully saturated rings. The molecule has 0 radical (unpaired) electrons. The van der Waals surface area contributed by atoms with Gasteiger partial charge in [0.1, 0.15) is 6.04 Å². The first-order valence-electron chi connectivity index (χ1n) is 11.6. The van der Waals surface area contributed by atoms with Gasteiger partial charge >= 0.3 is 0 Å². The summed E-state index contributed by atoms with van der Waals surface area (Å²) in [5.74, 6) is 0.00671. The van der Waals surface area contributed by atoms with Gasteiger partial charge in [0.2, 0.25) is 11.8 Å². The predicted molar refractivity (Wildman–Crippen MR) is 122 cm³/mol. The van der Waals surface area contributed by atoms with E-state index in [0.717, 1.165) is 44.3 Å². The number of benzene rings is 2. The molecule has 2 unspecified atom stereocenters. The van der Waals surface area contributed by atoms with Crippen molar-refractivity contribution in [3.63, 3.8) is 0 Å². The monoisotopic (exact) mass is 419 g/mol. The van der Waals surface area contributed by atoms with Crippen molar-refractivity contribution in [2.24, 2.45) is 0 Å². The highest BCUT2D eigenvalue weighted by atomic mass is 16.2. The Labute approximate surface area is 185 Å². The lowest BCUT2D eigenvalue weighted by Gasteiger charge is -2.37. The Morgan fingerprint density at radius 3 is 2.45 bits per heavy atom. The number of piperidine rings is 1. The maximum Gasteiger partial charge on any atom is 0.247 e. The van der Waals surface area contributed by atoms with E-state index in [1.165, 1.54) is 11.1 Å². The van der Waals surface area contributed by atoms with Crippen molar-refractivity contribution >= 4 is 11.8 Å². The third kappa shape index (κ3) is 4.99. The topological polar surface area (TPSA) is 52.7 Å². The first-order valence-corrected chi connectivity index (χ1v) is 11.6. The number of carbonyl (C=O) groups excluding carboxylic acids is 2. The average Bonchev–Trinajstić information content (AvgIpc) is 2.81. The molecule has 0 bridgehead atoms. The van der Waals surface area contributed by atoms with Crippen LogP contribution >= 0.6 is 0 Å². The third-order valence-electron chi connectivity index (χ3n) is 6.70. The lowest BCUT2D eigenvalue weighted by Crippen LogP contribution is -2.50. The van der Waals surface area contributed by atoms with Crippen molar-refractivity contribution in [1.82, 2.24) is 15.1 Å². The molecule has 2 aromatic carbocycles. The van der Waals surface area contributed by atoms with Crippen LogP contribution in [0.1, 0.15) is 55.3 Å². The van der Waals surface area contributed by atoms with E-state index < -0.39 is 6.04 Å². The number of rotatable bonds is 7. The summed E-state index contributed by atoms with van der Waals surface area (Å²) in [4.78, 5) is 30.2. The molecule has 31 heavy (non-hydrogen) atoms. The molecule has 0 aromatic heterocycles. The molecule has 2 heterocycles. The summed E-state index contributed by atoms with van der Waals surface area (Å²) in [5.41, 5.74) is 3.71. The number of likely N-dealkylation sites (tertiary alicyclic amines) is 1. The average molecular weight is 420 g/mol. The van der Waals surface area contributed by atoms with E-state index in [0.29, 0.717) is 19.5 Å². The normalized spacial score (nSPS) is 18.9. The van der Waals surface area contributed by atoms with Crippen molar-refractivity contribution < 1.29 is 9.59 Å². The molecule has 164 valence electrons. The molecule has 5 heteroatoms. The van der Waals surface area contributed by atoms with Gasteiger partial charge in [0, 0.05) is 38.6 Å². The van der Waals surface area contributed by atoms with Crippen molar-refractivity contribution in [2.45, 2.75) is 57.7 Å². The van der Waals surface area contributed by atoms with Crippen LogP contribution in [-0.2, 0) is 22.6 Å². The minimum Gasteiger partial charge on any atom is -0.352 e. The Hall–Kier alpha value is -2.66. The number of carbonyl (C=O) groups is 2. The molecule has 2 atom stereocenters. The fourth-order valence-corrected chi connectivity index (χ4v) is 4.88. The van der Waals surface area contributed by atoms with Crippen LogP contribution in [0.5, 0.6) is 0 Å². The zero-order valence-corrected chi connectivity index (χ0v) is 18.4. The summed E-state index contributed by atoms with van der Waals surface area (Å²) in [6, 6.07) is 18.1. The fraction of sp³-hybridized carbons (Fsp3) is 0.462. The van der Waals surface area contributed by atoms with Gasteiger partial charge < -0.3 is 10.2 Å². The van der Waals surface area contributed by atoms with Gasteiger partial charge in [-0.15, -0.1) is 0 Å². The molecular formula is C26H33N3O2. The lowest BCUT2D eigenvalue weighted by molar-refractivity contribution is -0.142. The van der Waals surface area contributed by atoms with E-state index in [9.17, 15) is 9.59 Å². The Morgan fingerprint density at radius 1 is 0.968 bits per heavy atom. The minimum atomic E-state index is -0.548. The first kappa shape index (κ1) is 21.6. The molecule has 0 saturated carbocycles. The third-order valence-corrected chi connectivity index (χ3v) is 6.70. The highest BCUT2D eigenvalue weighted by Gasteiger charge is 2.33. The van der Waals surface area contributed by atoms with Crippen LogP contribution in [0.25, 0.3) is 0 Å². The van der Waals surface area contributed by atoms with Crippen LogP contribution in [0.15, 0.2) is 54.6 Å². The molecule has 2 aliphatic rings. The summed E-state index contributed by atoms with van der Waals surface area (Å²) in [6.45, 7) is 5.37. The highest BCUT2D eigenvalue weighted by molar-refractivity contribution is 5.89. The number of fused-ring (bicyclic) bond motifs is 1. The van der Waals surface area contributed by atoms with Crippen LogP contribution in [0.2, 0.25) is 0 Å². The van der Waals surface area contributed by atoms with Crippen molar-refractivity contribution in [1.29, 1.82) is 0 Å². The molecule has 0 spiro atoms. The second kappa shape index (κ2) is 10.1. The van der Waals surface area contributed by atoms with Crippen LogP contribution in [0.4, 0.5) is 0 Å². The zero-order chi connectivity index (χ0) is 21.6. The van der Waals surface area contributed by atoms with Crippen LogP contribution in [-0.4, -0.2) is 47.3 Å². The van der Waals surface area contributed by atoms with Gasteiger partial charge in [0.05, 0.1) is 0 Å². The van der Waals surface area contributed by atoms with E-state index in [1.54, 1.807) is 4.90 Å². The molecule has 1 N–H and O–H groups in total. The quantitative estimate of drug-likeness (QED) is 0.745. The number of nitrogens with one attached hydrogen (secondary N) is 1. The summed E-state index contributed by atoms with van der Waals surface area (Å²) < 4.78 is 0. The number of hydrogen-bond donors (Lipinski definition) is 1. The van der Waals surface area contributed by atoms with Gasteiger partial charge in [-0.05, 0) is 42.4 Å². The molecule has 4 rings (SSSR count). The number of amides is 2. The van der Waals surface area contributed by atoms with E-state index in [-0.39, 0.29) is 17.9 Å². The van der Waals surface area contributed by atoms with Crippen molar-refractivity contribution in [3.8, 4) is 0 Å². The van der Waals surface area contributed by atoms with Crippen LogP contribution < -0.4 is 5.32 Å². The molecular weight excluding hydrogens is 386 g/mol. The van der Waals surface area contributed by atoms with E-state index >= 15 is 0 Å². The maximum absolute atomic E-state index is 13.4. The van der Waals surface area contributed by atoms with Gasteiger partial charge in [0.15, 0.2) is 0 Å². The molecule has 1 saturated heterocycles. The second-order valence-electron chi connectivity index (χ2n) is 8.65. The molecule has 5 nitrogen and oxygen atoms in total. The minimum absolute atomic E-state index is 0.0719. The predicted octanol–water partition coefficient (Wildman–Crippen LogP) is 3.69. The van der Waals surface area contributed by atoms with Gasteiger partial charge in [0.25, 0.3) is 0 Å². The van der Waals surface area contributed by atoms with Crippen LogP contribution in [0, 0.1) is 0 Å². The van der Waals surface area contributed by atoms with Gasteiger partial charge in [-0.1, -0.05) is 61.5 Å². The van der Waals surface area contributed by atoms with Crippen molar-refractivity contribution in [2.75, 3.05) is 19.6 Å². The molecule has 0 aliphatic carbocycles. The van der Waals surface area contributed by atoms with Gasteiger partial charge in [-0.25, -0.2) is 0 Å². The Kier molecular flexibility index (Phi) is 7.03. The largest absolute Gasteiger partial charge is 0.352 e. The Bertz CT molecular complexity index is 899. The fourth-order valence-electron chi connectivity index (χ4n) is 4.88. The van der Waals surface area contributed by atoms with E-state index in [2.05, 4.69) is 41.4 Å². The summed E-state index contributed by atoms with van der Waals surface area (Å²) in [7, 11) is 0. The highest BCUT2D eigenvalue weighted by Crippen LogP contribution is 2.26. The SMILES string of the molecule is CCC(CNC(=O)C(c1ccccc1)N1CCCCC1=O)N1CCc2ccccc2C1. The van der Waals surface area contributed by atoms with Crippen molar-refractivity contribution in [3.05, 3.63) is 71.3 Å². The molecule has 2 amide bonds. The Balaban J connectivity index is 1.45. The maximum atomic E-state index is 13.4. The standard InChI is InChI=1S/C26H33N3O2/c1-2-23(28-17-15-20-10-6-7-13-22(20)19-28)18-27-26(31)25(21-11-4-3-5-12-21)29-16-9-8-14-24(29)30/h3-7,10-13,23,25H,2,8-9,14-19H2,1H3,(H,27,31). The Morgan fingerprint density at radius 2 is 1.71 bits per heavy atom. The number of hydrogen-bond acceptors (Lipinski definition) is 3. The molecule has 2 aromatic rings. The van der Waals surface area contributed by atoms with Gasteiger partial charge in [-0.2, -0.15) is 0 Å². The van der Waals surface area contributed by atoms with E-state index in [4.69, 9.17) is 0 Å². The first-order chi connectivity index (χ1) is 15.2. The van der Waals surface area contributed by atoms with Gasteiger partial charge in [-0.3, -0.25) is 14.5 Å². The number of nitrogens with zero attached hydrogens (tertiary/aromatic N) is 2. The zero-order valence-electron chi connectivity index (χ0n) is 18.4.